The molecule has 0 aromatic heterocycles. The lowest BCUT2D eigenvalue weighted by Crippen LogP contribution is -2.35. The summed E-state index contributed by atoms with van der Waals surface area (Å²) in [6.45, 7) is -0.310. The highest BCUT2D eigenvalue weighted by atomic mass is 79.9. The number of anilines is 1. The minimum absolute atomic E-state index is 0.0376. The number of nitrogens with one attached hydrogen (secondary N) is 2. The van der Waals surface area contributed by atoms with Crippen molar-refractivity contribution in [3.63, 3.8) is 0 Å². The van der Waals surface area contributed by atoms with Crippen molar-refractivity contribution in [3.05, 3.63) is 22.7 Å². The van der Waals surface area contributed by atoms with E-state index in [0.717, 1.165) is 0 Å². The van der Waals surface area contributed by atoms with Crippen LogP contribution < -0.4 is 15.8 Å². The van der Waals surface area contributed by atoms with Gasteiger partial charge in [0.1, 0.15) is 0 Å². The van der Waals surface area contributed by atoms with Crippen LogP contribution in [0.3, 0.4) is 0 Å². The van der Waals surface area contributed by atoms with Crippen molar-refractivity contribution < 1.29 is 13.2 Å². The van der Waals surface area contributed by atoms with Crippen molar-refractivity contribution in [2.45, 2.75) is 4.90 Å². The van der Waals surface area contributed by atoms with Gasteiger partial charge in [-0.05, 0) is 34.1 Å². The van der Waals surface area contributed by atoms with Crippen LogP contribution in [0.5, 0.6) is 0 Å². The molecule has 17 heavy (non-hydrogen) atoms. The highest BCUT2D eigenvalue weighted by Gasteiger charge is 2.18. The molecule has 1 rings (SSSR count). The maximum Gasteiger partial charge on any atom is 0.242 e. The molecule has 0 aliphatic carbocycles. The summed E-state index contributed by atoms with van der Waals surface area (Å²) >= 11 is 3.11. The van der Waals surface area contributed by atoms with Gasteiger partial charge in [0.2, 0.25) is 15.9 Å². The summed E-state index contributed by atoms with van der Waals surface area (Å²) < 4.78 is 26.2. The second kappa shape index (κ2) is 5.48. The first kappa shape index (κ1) is 13.9. The number of nitrogens with two attached hydrogens (primary N) is 1. The summed E-state index contributed by atoms with van der Waals surface area (Å²) in [7, 11) is -2.30. The van der Waals surface area contributed by atoms with E-state index in [0.29, 0.717) is 10.2 Å². The Morgan fingerprint density at radius 1 is 1.47 bits per heavy atom. The molecule has 4 N–H and O–H groups in total. The van der Waals surface area contributed by atoms with Crippen molar-refractivity contribution in [1.82, 2.24) is 10.0 Å². The number of carbonyl (C=O) groups is 1. The number of likely N-dealkylation sites (N-methyl/N-ethyl adjacent to an activating group) is 1. The molecule has 0 aliphatic rings. The lowest BCUT2D eigenvalue weighted by atomic mass is 10.3. The molecule has 0 aliphatic heterocycles. The van der Waals surface area contributed by atoms with Gasteiger partial charge in [-0.3, -0.25) is 4.79 Å². The highest BCUT2D eigenvalue weighted by molar-refractivity contribution is 9.10. The molecule has 1 aromatic carbocycles. The third-order valence-electron chi connectivity index (χ3n) is 1.95. The Labute approximate surface area is 108 Å². The van der Waals surface area contributed by atoms with Crippen LogP contribution >= 0.6 is 15.9 Å². The van der Waals surface area contributed by atoms with E-state index in [1.165, 1.54) is 25.2 Å². The van der Waals surface area contributed by atoms with Gasteiger partial charge >= 0.3 is 0 Å². The van der Waals surface area contributed by atoms with Gasteiger partial charge in [-0.15, -0.1) is 0 Å². The molecule has 8 heteroatoms. The maximum absolute atomic E-state index is 11.8. The van der Waals surface area contributed by atoms with Gasteiger partial charge in [-0.2, -0.15) is 0 Å². The smallest absolute Gasteiger partial charge is 0.242 e. The fourth-order valence-electron chi connectivity index (χ4n) is 1.06. The topological polar surface area (TPSA) is 101 Å². The Morgan fingerprint density at radius 3 is 2.65 bits per heavy atom. The van der Waals surface area contributed by atoms with Crippen LogP contribution in [-0.2, 0) is 14.8 Å². The molecule has 0 unspecified atom stereocenters. The average molecular weight is 322 g/mol. The molecular weight excluding hydrogens is 310 g/mol. The van der Waals surface area contributed by atoms with E-state index in [2.05, 4.69) is 26.0 Å². The van der Waals surface area contributed by atoms with E-state index in [1.807, 2.05) is 0 Å². The minimum Gasteiger partial charge on any atom is -0.399 e. The van der Waals surface area contributed by atoms with Crippen molar-refractivity contribution >= 4 is 37.5 Å². The average Bonchev–Trinajstić information content (AvgIpc) is 2.25. The van der Waals surface area contributed by atoms with Crippen LogP contribution in [0.4, 0.5) is 5.69 Å². The Morgan fingerprint density at radius 2 is 2.12 bits per heavy atom. The third-order valence-corrected chi connectivity index (χ3v) is 4.32. The number of benzene rings is 1. The first-order valence-corrected chi connectivity index (χ1v) is 6.89. The van der Waals surface area contributed by atoms with E-state index >= 15 is 0 Å². The summed E-state index contributed by atoms with van der Waals surface area (Å²) in [6, 6.07) is 4.32. The Hall–Kier alpha value is -1.12. The zero-order chi connectivity index (χ0) is 13.1. The van der Waals surface area contributed by atoms with Crippen LogP contribution in [0.15, 0.2) is 27.6 Å². The summed E-state index contributed by atoms with van der Waals surface area (Å²) in [5.74, 6) is -0.417. The first-order chi connectivity index (χ1) is 7.86. The third kappa shape index (κ3) is 3.69. The van der Waals surface area contributed by atoms with Gasteiger partial charge in [-0.25, -0.2) is 13.1 Å². The second-order valence-electron chi connectivity index (χ2n) is 3.19. The van der Waals surface area contributed by atoms with Crippen LogP contribution in [0.2, 0.25) is 0 Å². The van der Waals surface area contributed by atoms with Crippen LogP contribution in [0.25, 0.3) is 0 Å². The molecule has 94 valence electrons. The molecule has 0 spiro atoms. The van der Waals surface area contributed by atoms with Gasteiger partial charge in [0, 0.05) is 17.2 Å². The SMILES string of the molecule is CNC(=O)CNS(=O)(=O)c1ccc(N)cc1Br. The molecule has 0 radical (unpaired) electrons. The number of halogens is 1. The molecule has 1 aromatic rings. The summed E-state index contributed by atoms with van der Waals surface area (Å²) in [4.78, 5) is 11.0. The molecule has 0 saturated heterocycles. The Balaban J connectivity index is 2.94. The highest BCUT2D eigenvalue weighted by Crippen LogP contribution is 2.23. The Kier molecular flexibility index (Phi) is 4.49. The zero-order valence-corrected chi connectivity index (χ0v) is 11.4. The first-order valence-electron chi connectivity index (χ1n) is 4.62. The second-order valence-corrected chi connectivity index (χ2v) is 5.78. The van der Waals surface area contributed by atoms with E-state index in [9.17, 15) is 13.2 Å². The van der Waals surface area contributed by atoms with Crippen molar-refractivity contribution in [1.29, 1.82) is 0 Å². The monoisotopic (exact) mass is 321 g/mol. The molecular formula is C9H12BrN3O3S. The minimum atomic E-state index is -3.73. The standard InChI is InChI=1S/C9H12BrN3O3S/c1-12-9(14)5-13-17(15,16)8-3-2-6(11)4-7(8)10/h2-4,13H,5,11H2,1H3,(H,12,14). The quantitative estimate of drug-likeness (QED) is 0.682. The van der Waals surface area contributed by atoms with Gasteiger partial charge in [0.15, 0.2) is 0 Å². The van der Waals surface area contributed by atoms with Crippen molar-refractivity contribution in [3.8, 4) is 0 Å². The molecule has 0 heterocycles. The van der Waals surface area contributed by atoms with E-state index in [1.54, 1.807) is 0 Å². The number of carbonyl (C=O) groups excluding carboxylic acids is 1. The van der Waals surface area contributed by atoms with Crippen LogP contribution in [0, 0.1) is 0 Å². The van der Waals surface area contributed by atoms with Gasteiger partial charge < -0.3 is 11.1 Å². The fraction of sp³-hybridized carbons (Fsp3) is 0.222. The van der Waals surface area contributed by atoms with Gasteiger partial charge in [-0.1, -0.05) is 0 Å². The lowest BCUT2D eigenvalue weighted by Gasteiger charge is -2.08. The molecule has 6 nitrogen and oxygen atoms in total. The molecule has 0 bridgehead atoms. The normalized spacial score (nSPS) is 11.2. The predicted octanol–water partition coefficient (Wildman–Crippen LogP) is 0.0556. The molecule has 0 atom stereocenters. The lowest BCUT2D eigenvalue weighted by molar-refractivity contribution is -0.119. The number of hydrogen-bond acceptors (Lipinski definition) is 4. The van der Waals surface area contributed by atoms with Gasteiger partial charge in [0.25, 0.3) is 0 Å². The molecule has 0 saturated carbocycles. The van der Waals surface area contributed by atoms with Crippen LogP contribution in [-0.4, -0.2) is 27.9 Å². The van der Waals surface area contributed by atoms with E-state index in [4.69, 9.17) is 5.73 Å². The Bertz CT molecular complexity index is 530. The largest absolute Gasteiger partial charge is 0.399 e. The van der Waals surface area contributed by atoms with Crippen molar-refractivity contribution in [2.24, 2.45) is 0 Å². The van der Waals surface area contributed by atoms with E-state index < -0.39 is 15.9 Å². The molecule has 1 amide bonds. The van der Waals surface area contributed by atoms with Crippen LogP contribution in [0.1, 0.15) is 0 Å². The van der Waals surface area contributed by atoms with Crippen molar-refractivity contribution in [2.75, 3.05) is 19.3 Å². The maximum atomic E-state index is 11.8. The number of amides is 1. The number of nitrogen functional groups attached to an aromatic ring is 1. The van der Waals surface area contributed by atoms with E-state index in [-0.39, 0.29) is 11.4 Å². The summed E-state index contributed by atoms with van der Waals surface area (Å²) in [5.41, 5.74) is 5.95. The number of hydrogen-bond donors (Lipinski definition) is 3. The predicted molar refractivity (Wildman–Crippen MR) is 67.8 cm³/mol. The fourth-order valence-corrected chi connectivity index (χ4v) is 3.14. The molecule has 0 fully saturated rings. The number of rotatable bonds is 4. The van der Waals surface area contributed by atoms with Gasteiger partial charge in [0.05, 0.1) is 11.4 Å². The number of sulfonamides is 1. The summed E-state index contributed by atoms with van der Waals surface area (Å²) in [5, 5.41) is 2.32. The summed E-state index contributed by atoms with van der Waals surface area (Å²) in [6.07, 6.45) is 0. The zero-order valence-electron chi connectivity index (χ0n) is 9.03.